The molecule has 0 radical (unpaired) electrons. The van der Waals surface area contributed by atoms with Crippen LogP contribution in [-0.2, 0) is 0 Å². The predicted molar refractivity (Wildman–Crippen MR) is 564 cm³/mol. The van der Waals surface area contributed by atoms with Crippen LogP contribution >= 0.6 is 22.7 Å². The van der Waals surface area contributed by atoms with Crippen LogP contribution in [-0.4, -0.2) is 214 Å². The quantitative estimate of drug-likeness (QED) is 0.0903. The molecule has 12 aromatic heterocycles. The SMILES string of the molecule is COc1ccc(-c2cc3ccc(N4CCN[C@@H](C)C4)cc3oc2=O)cc1.C[C@@H]1CN(c2ccc3cc(-c4cn(-c5ccccc5)cn4)c(=O)oc3c2)C[C@H](C)N1.Cc1nc(-c2cc3ccc(N4CCCN(C)CC4)cc3oc2=O)cn1-c1ccccn1.Cc1nn2cc(-c3cc4ccc(N5CCCN(C)CC5)cc4oc3=O)nc2s1.Cc1nn2cc(-c3cc4ccc(N5CCCNCC5)cc4oc3=O)nc2s1. The lowest BCUT2D eigenvalue weighted by Crippen LogP contribution is -2.54. The molecule has 0 bridgehead atoms. The minimum atomic E-state index is -0.383. The zero-order chi connectivity index (χ0) is 97.8. The second-order valence-corrected chi connectivity index (χ2v) is 39.1. The smallest absolute Gasteiger partial charge is 0.345 e. The zero-order valence-electron chi connectivity index (χ0n) is 80.7. The van der Waals surface area contributed by atoms with Gasteiger partial charge >= 0.3 is 28.1 Å². The van der Waals surface area contributed by atoms with Crippen molar-refractivity contribution >= 4 is 116 Å². The van der Waals surface area contributed by atoms with Crippen molar-refractivity contribution in [2.24, 2.45) is 0 Å². The first kappa shape index (κ1) is 94.6. The molecule has 0 aliphatic carbocycles. The fourth-order valence-electron chi connectivity index (χ4n) is 19.0. The fraction of sp³-hybridized carbons (Fsp3) is 0.296. The summed E-state index contributed by atoms with van der Waals surface area (Å²) in [5, 5.41) is 25.4. The summed E-state index contributed by atoms with van der Waals surface area (Å²) in [5.41, 5.74) is 13.2. The Balaban J connectivity index is 0.000000109. The highest BCUT2D eigenvalue weighted by molar-refractivity contribution is 7.16. The Bertz CT molecular complexity index is 8020. The predicted octanol–water partition coefficient (Wildman–Crippen LogP) is 16.3. The van der Waals surface area contributed by atoms with E-state index in [1.54, 1.807) is 41.1 Å². The lowest BCUT2D eigenvalue weighted by molar-refractivity contribution is 0.360. The van der Waals surface area contributed by atoms with E-state index in [-0.39, 0.29) is 28.1 Å². The van der Waals surface area contributed by atoms with E-state index in [0.29, 0.717) is 96.6 Å². The van der Waals surface area contributed by atoms with Crippen molar-refractivity contribution < 1.29 is 26.8 Å². The minimum Gasteiger partial charge on any atom is -0.497 e. The highest BCUT2D eigenvalue weighted by Crippen LogP contribution is 2.35. The van der Waals surface area contributed by atoms with Crippen LogP contribution in [0.5, 0.6) is 5.75 Å². The van der Waals surface area contributed by atoms with E-state index in [1.165, 1.54) is 22.7 Å². The van der Waals surface area contributed by atoms with Crippen LogP contribution < -0.4 is 73.3 Å². The van der Waals surface area contributed by atoms with Crippen molar-refractivity contribution in [2.75, 3.05) is 157 Å². The van der Waals surface area contributed by atoms with E-state index in [2.05, 4.69) is 151 Å². The third-order valence-electron chi connectivity index (χ3n) is 26.3. The van der Waals surface area contributed by atoms with E-state index in [4.69, 9.17) is 26.8 Å². The Morgan fingerprint density at radius 2 is 0.817 bits per heavy atom. The van der Waals surface area contributed by atoms with Crippen molar-refractivity contribution in [1.82, 2.24) is 79.0 Å². The lowest BCUT2D eigenvalue weighted by atomic mass is 10.1. The molecule has 3 N–H and O–H groups in total. The molecule has 0 amide bonds. The number of pyridine rings is 1. The Labute approximate surface area is 825 Å². The second-order valence-electron chi connectivity index (χ2n) is 36.8. The van der Waals surface area contributed by atoms with Crippen LogP contribution in [0.3, 0.4) is 0 Å². The summed E-state index contributed by atoms with van der Waals surface area (Å²) in [5.74, 6) is 2.28. The van der Waals surface area contributed by atoms with Gasteiger partial charge in [0.1, 0.15) is 55.3 Å². The van der Waals surface area contributed by atoms with Gasteiger partial charge in [-0.2, -0.15) is 10.2 Å². The summed E-state index contributed by atoms with van der Waals surface area (Å²) in [7, 11) is 5.93. The standard InChI is InChI=1S/C24H25N5O2.C24H24N4O2.C21H22N2O3.C20H21N5O2S.C19H19N5O2S/c1-17-26-21(16-29(17)23-6-3-4-9-25-23)20-14-18-7-8-19(15-22(18)31-24(20)30)28-11-5-10-27(2)12-13-28;1-16-12-27(13-17(2)26-16)20-9-8-18-10-21(24(29)30-23(18)11-20)22-14-28(15-25-22)19-6-4-3-5-7-19;1-14-13-23(10-9-22-14)17-6-3-16-11-19(21(24)26-20(16)12-17)15-4-7-18(25-2)8-5-15;1-13-22-25-12-17(21-20(25)28-13)16-10-14-4-5-15(11-18(14)27-19(16)26)24-7-3-6-23(2)8-9-24;1-12-22-24-11-16(21-19(24)27-12)15-9-13-3-4-14(10-17(13)26-18(15)25)23-7-2-5-20-6-8-23/h3-4,6-9,14-16H,5,10-13H2,1-2H3;3-11,14-17,26H,12-13H2,1-2H3;3-8,11-12,14,22H,9-10,13H2,1-2H3;4-5,10-12H,3,6-9H2,1-2H3;3-4,9-11,20H,2,5-8H2,1H3/t;16-,17+;14-;;/m..0../s1. The molecule has 34 heteroatoms. The number of hydrogen-bond donors (Lipinski definition) is 3. The molecule has 3 atom stereocenters. The van der Waals surface area contributed by atoms with Gasteiger partial charge in [0.05, 0.1) is 76.4 Å². The summed E-state index contributed by atoms with van der Waals surface area (Å²) in [4.78, 5) is 104. The largest absolute Gasteiger partial charge is 0.497 e. The Morgan fingerprint density at radius 1 is 0.380 bits per heavy atom. The number of anilines is 5. The van der Waals surface area contributed by atoms with Crippen molar-refractivity contribution in [3.63, 3.8) is 0 Å². The fourth-order valence-corrected chi connectivity index (χ4v) is 20.4. The molecule has 142 heavy (non-hydrogen) atoms. The average molecular weight is 1940 g/mol. The number of ether oxygens (including phenoxy) is 1. The number of likely N-dealkylation sites (N-methyl/N-ethyl adjacent to an activating group) is 2. The number of nitrogens with one attached hydrogen (secondary N) is 3. The first-order valence-corrected chi connectivity index (χ1v) is 49.8. The van der Waals surface area contributed by atoms with Gasteiger partial charge in [-0.05, 0) is 227 Å². The third-order valence-corrected chi connectivity index (χ3v) is 28.0. The van der Waals surface area contributed by atoms with E-state index >= 15 is 0 Å². The van der Waals surface area contributed by atoms with Crippen LogP contribution in [0.25, 0.3) is 132 Å². The molecule has 17 heterocycles. The molecule has 5 aliphatic rings. The van der Waals surface area contributed by atoms with Crippen LogP contribution in [0, 0.1) is 20.8 Å². The molecule has 32 nitrogen and oxygen atoms in total. The van der Waals surface area contributed by atoms with Gasteiger partial charge in [-0.15, -0.1) is 0 Å². The summed E-state index contributed by atoms with van der Waals surface area (Å²) in [6.07, 6.45) is 14.0. The molecule has 24 rings (SSSR count). The van der Waals surface area contributed by atoms with Crippen molar-refractivity contribution in [3.8, 4) is 73.4 Å². The summed E-state index contributed by atoms with van der Waals surface area (Å²) >= 11 is 2.99. The number of nitrogens with zero attached hydrogens (tertiary/aromatic N) is 18. The normalized spacial score (nSPS) is 16.8. The van der Waals surface area contributed by atoms with Crippen LogP contribution in [0.2, 0.25) is 0 Å². The second kappa shape index (κ2) is 41.8. The maximum atomic E-state index is 12.8. The molecule has 0 spiro atoms. The summed E-state index contributed by atoms with van der Waals surface area (Å²) in [6, 6.07) is 64.1. The molecule has 5 fully saturated rings. The number of hydrogen-bond acceptors (Lipinski definition) is 30. The number of aromatic nitrogens is 11. The van der Waals surface area contributed by atoms with Gasteiger partial charge in [0.15, 0.2) is 0 Å². The monoisotopic (exact) mass is 1940 g/mol. The molecule has 7 aromatic carbocycles. The van der Waals surface area contributed by atoms with Gasteiger partial charge in [0.25, 0.3) is 0 Å². The van der Waals surface area contributed by atoms with Crippen molar-refractivity contribution in [2.45, 2.75) is 78.9 Å². The molecule has 5 aliphatic heterocycles. The first-order chi connectivity index (χ1) is 69.0. The van der Waals surface area contributed by atoms with Crippen LogP contribution in [0.1, 0.15) is 55.9 Å². The van der Waals surface area contributed by atoms with E-state index < -0.39 is 0 Å². The third kappa shape index (κ3) is 21.3. The number of fused-ring (bicyclic) bond motifs is 7. The minimum absolute atomic E-state index is 0.325. The van der Waals surface area contributed by atoms with E-state index in [9.17, 15) is 24.0 Å². The van der Waals surface area contributed by atoms with Gasteiger partial charge in [-0.3, -0.25) is 4.57 Å². The zero-order valence-corrected chi connectivity index (χ0v) is 82.3. The molecular weight excluding hydrogens is 1830 g/mol. The maximum Gasteiger partial charge on any atom is 0.345 e. The summed E-state index contributed by atoms with van der Waals surface area (Å²) < 4.78 is 40.7. The number of methoxy groups -OCH3 is 1. The highest BCUT2D eigenvalue weighted by atomic mass is 32.1. The first-order valence-electron chi connectivity index (χ1n) is 48.1. The topological polar surface area (TPSA) is 328 Å². The van der Waals surface area contributed by atoms with Gasteiger partial charge in [0, 0.05) is 220 Å². The molecule has 726 valence electrons. The Hall–Kier alpha value is -15.0. The lowest BCUT2D eigenvalue weighted by Gasteiger charge is -2.37. The van der Waals surface area contributed by atoms with Gasteiger partial charge in [0.2, 0.25) is 9.92 Å². The van der Waals surface area contributed by atoms with Crippen molar-refractivity contribution in [3.05, 3.63) is 299 Å². The van der Waals surface area contributed by atoms with Crippen LogP contribution in [0.15, 0.2) is 277 Å². The van der Waals surface area contributed by atoms with Crippen LogP contribution in [0.4, 0.5) is 28.4 Å². The molecular formula is C108H111N21O11S2. The number of rotatable bonds is 13. The van der Waals surface area contributed by atoms with Gasteiger partial charge < -0.3 is 81.6 Å². The molecule has 0 unspecified atom stereocenters. The van der Waals surface area contributed by atoms with Crippen molar-refractivity contribution in [1.29, 1.82) is 0 Å². The van der Waals surface area contributed by atoms with E-state index in [0.717, 1.165) is 234 Å². The Morgan fingerprint density at radius 3 is 1.30 bits per heavy atom. The number of piperazine rings is 2. The van der Waals surface area contributed by atoms with Gasteiger partial charge in [-0.25, -0.2) is 57.9 Å². The Kier molecular flexibility index (Phi) is 27.8. The van der Waals surface area contributed by atoms with E-state index in [1.807, 2.05) is 206 Å². The number of para-hydroxylation sites is 1. The molecule has 5 saturated heterocycles. The van der Waals surface area contributed by atoms with Gasteiger partial charge in [-0.1, -0.05) is 59.1 Å². The number of imidazole rings is 4. The number of benzene rings is 7. The maximum absolute atomic E-state index is 12.8. The summed E-state index contributed by atoms with van der Waals surface area (Å²) in [6.45, 7) is 29.2. The number of aryl methyl sites for hydroxylation is 3. The average Bonchev–Trinajstić information content (AvgIpc) is 1.62. The molecule has 19 aromatic rings. The highest BCUT2D eigenvalue weighted by Gasteiger charge is 2.27. The molecule has 0 saturated carbocycles.